The molecule has 0 radical (unpaired) electrons. The van der Waals surface area contributed by atoms with Crippen molar-refractivity contribution in [3.8, 4) is 5.75 Å². The van der Waals surface area contributed by atoms with Crippen molar-refractivity contribution in [3.05, 3.63) is 102 Å². The van der Waals surface area contributed by atoms with E-state index in [1.54, 1.807) is 57.2 Å². The van der Waals surface area contributed by atoms with Gasteiger partial charge in [0.1, 0.15) is 42.1 Å². The Labute approximate surface area is 325 Å². The summed E-state index contributed by atoms with van der Waals surface area (Å²) in [6, 6.07) is 19.9. The highest BCUT2D eigenvalue weighted by atomic mass is 32.2. The zero-order chi connectivity index (χ0) is 40.4. The summed E-state index contributed by atoms with van der Waals surface area (Å²) in [4.78, 5) is 78.8. The normalized spacial score (nSPS) is 13.2. The van der Waals surface area contributed by atoms with Gasteiger partial charge in [-0.25, -0.2) is 9.59 Å². The number of amides is 5. The number of hydrogen-bond acceptors (Lipinski definition) is 10. The zero-order valence-electron chi connectivity index (χ0n) is 31.8. The summed E-state index contributed by atoms with van der Waals surface area (Å²) in [5, 5.41) is 22.6. The Morgan fingerprint density at radius 3 is 1.82 bits per heavy atom. The third-order valence-electron chi connectivity index (χ3n) is 7.93. The average Bonchev–Trinajstić information content (AvgIpc) is 3.14. The number of esters is 1. The fourth-order valence-corrected chi connectivity index (χ4v) is 5.59. The number of ether oxygens (including phenoxy) is 2. The molecule has 0 spiro atoms. The molecule has 14 nitrogen and oxygen atoms in total. The number of phenols is 1. The van der Waals surface area contributed by atoms with Gasteiger partial charge in [0.2, 0.25) is 23.6 Å². The van der Waals surface area contributed by atoms with E-state index in [4.69, 9.17) is 9.47 Å². The highest BCUT2D eigenvalue weighted by Gasteiger charge is 2.30. The van der Waals surface area contributed by atoms with Gasteiger partial charge in [0.15, 0.2) is 0 Å². The van der Waals surface area contributed by atoms with Crippen LogP contribution in [0.2, 0.25) is 0 Å². The highest BCUT2D eigenvalue weighted by Crippen LogP contribution is 2.13. The Hall–Kier alpha value is -5.57. The molecule has 3 aromatic carbocycles. The van der Waals surface area contributed by atoms with Gasteiger partial charge < -0.3 is 41.2 Å². The number of nitrogens with one attached hydrogen (secondary N) is 5. The fraction of sp³-hybridized carbons (Fsp3) is 0.400. The molecule has 0 fully saturated rings. The summed E-state index contributed by atoms with van der Waals surface area (Å²) in [5.74, 6) is -2.70. The second kappa shape index (κ2) is 22.0. The molecule has 3 rings (SSSR count). The molecule has 0 saturated carbocycles. The van der Waals surface area contributed by atoms with Gasteiger partial charge >= 0.3 is 12.1 Å². The van der Waals surface area contributed by atoms with E-state index >= 15 is 0 Å². The molecule has 4 atom stereocenters. The first-order chi connectivity index (χ1) is 26.1. The number of carbonyl (C=O) groups is 6. The van der Waals surface area contributed by atoms with Crippen LogP contribution in [0.25, 0.3) is 0 Å². The summed E-state index contributed by atoms with van der Waals surface area (Å²) >= 11 is 1.50. The van der Waals surface area contributed by atoms with Crippen molar-refractivity contribution in [3.63, 3.8) is 0 Å². The maximum atomic E-state index is 13.6. The molecule has 55 heavy (non-hydrogen) atoms. The molecule has 0 bridgehead atoms. The number of rotatable bonds is 19. The van der Waals surface area contributed by atoms with E-state index in [1.807, 2.05) is 42.7 Å². The number of hydrogen-bond donors (Lipinski definition) is 6. The maximum absolute atomic E-state index is 13.6. The summed E-state index contributed by atoms with van der Waals surface area (Å²) in [7, 11) is 0. The van der Waals surface area contributed by atoms with Gasteiger partial charge in [-0.1, -0.05) is 72.8 Å². The lowest BCUT2D eigenvalue weighted by Crippen LogP contribution is -2.56. The first-order valence-corrected chi connectivity index (χ1v) is 19.2. The van der Waals surface area contributed by atoms with Crippen LogP contribution < -0.4 is 26.6 Å². The topological polar surface area (TPSA) is 201 Å². The smallest absolute Gasteiger partial charge is 0.408 e. The Bertz CT molecular complexity index is 1720. The number of thioether (sulfide) groups is 1. The largest absolute Gasteiger partial charge is 0.508 e. The van der Waals surface area contributed by atoms with Crippen LogP contribution in [0.5, 0.6) is 5.75 Å². The van der Waals surface area contributed by atoms with Crippen molar-refractivity contribution in [2.45, 2.75) is 83.3 Å². The summed E-state index contributed by atoms with van der Waals surface area (Å²) in [6.07, 6.45) is 1.46. The predicted octanol–water partition coefficient (Wildman–Crippen LogP) is 3.16. The maximum Gasteiger partial charge on any atom is 0.408 e. The summed E-state index contributed by atoms with van der Waals surface area (Å²) in [5.41, 5.74) is 1.33. The number of benzene rings is 3. The molecule has 0 aliphatic rings. The lowest BCUT2D eigenvalue weighted by Gasteiger charge is -2.24. The summed E-state index contributed by atoms with van der Waals surface area (Å²) < 4.78 is 10.8. The van der Waals surface area contributed by atoms with Crippen LogP contribution >= 0.6 is 11.8 Å². The zero-order valence-corrected chi connectivity index (χ0v) is 32.6. The minimum atomic E-state index is -1.15. The first kappa shape index (κ1) is 43.8. The van der Waals surface area contributed by atoms with Gasteiger partial charge in [0, 0.05) is 12.8 Å². The fourth-order valence-electron chi connectivity index (χ4n) is 5.12. The Morgan fingerprint density at radius 2 is 1.24 bits per heavy atom. The second-order valence-electron chi connectivity index (χ2n) is 13.8. The molecule has 15 heteroatoms. The van der Waals surface area contributed by atoms with Crippen molar-refractivity contribution >= 4 is 47.5 Å². The number of alkyl carbamates (subject to hydrolysis) is 1. The number of carbonyl (C=O) groups excluding carboxylic acids is 6. The molecular weight excluding hydrogens is 727 g/mol. The van der Waals surface area contributed by atoms with Crippen LogP contribution in [0.1, 0.15) is 50.8 Å². The monoisotopic (exact) mass is 777 g/mol. The molecule has 296 valence electrons. The van der Waals surface area contributed by atoms with Gasteiger partial charge in [0.05, 0.1) is 6.54 Å². The minimum absolute atomic E-state index is 0.0237. The van der Waals surface area contributed by atoms with Gasteiger partial charge in [-0.05, 0) is 74.9 Å². The van der Waals surface area contributed by atoms with Crippen molar-refractivity contribution in [2.24, 2.45) is 0 Å². The Morgan fingerprint density at radius 1 is 0.691 bits per heavy atom. The van der Waals surface area contributed by atoms with E-state index in [0.29, 0.717) is 17.7 Å². The average molecular weight is 778 g/mol. The van der Waals surface area contributed by atoms with Crippen molar-refractivity contribution in [1.82, 2.24) is 26.6 Å². The van der Waals surface area contributed by atoms with Crippen molar-refractivity contribution in [2.75, 3.05) is 18.6 Å². The summed E-state index contributed by atoms with van der Waals surface area (Å²) in [6.45, 7) is 5.94. The molecular formula is C40H51N5O9S. The molecule has 0 unspecified atom stereocenters. The van der Waals surface area contributed by atoms with E-state index in [0.717, 1.165) is 11.1 Å². The van der Waals surface area contributed by atoms with Crippen molar-refractivity contribution < 1.29 is 43.3 Å². The van der Waals surface area contributed by atoms with E-state index in [1.165, 1.54) is 30.8 Å². The lowest BCUT2D eigenvalue weighted by molar-refractivity contribution is -0.149. The van der Waals surface area contributed by atoms with Gasteiger partial charge in [-0.15, -0.1) is 0 Å². The molecule has 0 aliphatic carbocycles. The molecule has 0 heterocycles. The highest BCUT2D eigenvalue weighted by molar-refractivity contribution is 7.98. The van der Waals surface area contributed by atoms with Crippen LogP contribution in [-0.2, 0) is 52.9 Å². The number of phenolic OH excluding ortho intramolecular Hbond substituents is 1. The van der Waals surface area contributed by atoms with E-state index in [9.17, 15) is 33.9 Å². The van der Waals surface area contributed by atoms with Crippen LogP contribution in [0.4, 0.5) is 4.79 Å². The van der Waals surface area contributed by atoms with E-state index in [-0.39, 0.29) is 25.2 Å². The first-order valence-electron chi connectivity index (χ1n) is 17.8. The Balaban J connectivity index is 1.64. The Kier molecular flexibility index (Phi) is 17.5. The van der Waals surface area contributed by atoms with Crippen molar-refractivity contribution in [1.29, 1.82) is 0 Å². The van der Waals surface area contributed by atoms with Crippen LogP contribution in [0, 0.1) is 0 Å². The van der Waals surface area contributed by atoms with E-state index < -0.39 is 72.0 Å². The molecule has 0 saturated heterocycles. The SMILES string of the molecule is CSCC[C@H](NC(=O)[C@H](Cc1ccccc1)NC(=O)CNC(=O)[C@H](C)NC(=O)[C@H](Cc1ccc(O)cc1)NC(=O)OC(C)(C)C)C(=O)OCc1ccccc1. The van der Waals surface area contributed by atoms with E-state index in [2.05, 4.69) is 26.6 Å². The third-order valence-corrected chi connectivity index (χ3v) is 8.57. The van der Waals surface area contributed by atoms with Crippen LogP contribution in [-0.4, -0.2) is 89.1 Å². The predicted molar refractivity (Wildman–Crippen MR) is 209 cm³/mol. The minimum Gasteiger partial charge on any atom is -0.508 e. The molecule has 0 aliphatic heterocycles. The van der Waals surface area contributed by atoms with Crippen LogP contribution in [0.3, 0.4) is 0 Å². The second-order valence-corrected chi connectivity index (χ2v) is 14.7. The molecule has 0 aromatic heterocycles. The van der Waals surface area contributed by atoms with Gasteiger partial charge in [-0.3, -0.25) is 19.2 Å². The quantitative estimate of drug-likeness (QED) is 0.0983. The third kappa shape index (κ3) is 16.5. The van der Waals surface area contributed by atoms with Crippen LogP contribution in [0.15, 0.2) is 84.9 Å². The molecule has 5 amide bonds. The van der Waals surface area contributed by atoms with Gasteiger partial charge in [0.25, 0.3) is 0 Å². The van der Waals surface area contributed by atoms with Gasteiger partial charge in [-0.2, -0.15) is 11.8 Å². The standard InChI is InChI=1S/C40H51N5O9S/c1-26(42-36(49)33(45-39(52)54-40(2,3)4)23-28-16-18-30(46)19-17-28)35(48)41-24-34(47)43-32(22-27-12-8-6-9-13-27)37(50)44-31(20-21-55-5)38(51)53-25-29-14-10-7-11-15-29/h6-19,26,31-33,46H,20-25H2,1-5H3,(H,41,48)(H,42,49)(H,43,47)(H,44,50)(H,45,52)/t26-,31-,32-,33-/m0/s1. The molecule has 3 aromatic rings. The lowest BCUT2D eigenvalue weighted by atomic mass is 10.0. The molecule has 6 N–H and O–H groups in total. The number of aromatic hydroxyl groups is 1.